The maximum Gasteiger partial charge on any atom is 0.333 e. The van der Waals surface area contributed by atoms with E-state index in [-0.39, 0.29) is 28.5 Å². The molecule has 2 aromatic rings. The molecule has 0 unspecified atom stereocenters. The van der Waals surface area contributed by atoms with Crippen LogP contribution >= 0.6 is 11.6 Å². The van der Waals surface area contributed by atoms with Gasteiger partial charge < -0.3 is 5.73 Å². The van der Waals surface area contributed by atoms with E-state index >= 15 is 4.39 Å². The number of aromatic nitrogens is 2. The minimum atomic E-state index is -2.94. The average molecular weight is 502 g/mol. The number of halogens is 4. The monoisotopic (exact) mass is 501 g/mol. The topological polar surface area (TPSA) is 103 Å². The van der Waals surface area contributed by atoms with Crippen LogP contribution < -0.4 is 5.73 Å². The number of alkyl halides is 2. The van der Waals surface area contributed by atoms with Crippen LogP contribution in [0.5, 0.6) is 0 Å². The fourth-order valence-corrected chi connectivity index (χ4v) is 7.91. The summed E-state index contributed by atoms with van der Waals surface area (Å²) < 4.78 is 58.4. The first-order chi connectivity index (χ1) is 15.3. The zero-order valence-corrected chi connectivity index (χ0v) is 19.8. The summed E-state index contributed by atoms with van der Waals surface area (Å²) in [5.74, 6) is -1.06. The Labute approximate surface area is 194 Å². The van der Waals surface area contributed by atoms with E-state index in [1.54, 1.807) is 20.8 Å². The zero-order chi connectivity index (χ0) is 24.3. The normalized spacial score (nSPS) is 28.4. The number of hydrogen-bond acceptors (Lipinski definition) is 6. The van der Waals surface area contributed by atoms with Gasteiger partial charge in [0.25, 0.3) is 0 Å². The molecule has 2 aliphatic rings. The van der Waals surface area contributed by atoms with Crippen molar-refractivity contribution in [1.82, 2.24) is 9.78 Å². The minimum Gasteiger partial charge on any atom is -0.386 e. The molecule has 178 valence electrons. The molecule has 4 rings (SSSR count). The summed E-state index contributed by atoms with van der Waals surface area (Å²) in [6, 6.07) is 4.08. The van der Waals surface area contributed by atoms with E-state index in [2.05, 4.69) is 14.5 Å². The molecule has 2 aliphatic heterocycles. The van der Waals surface area contributed by atoms with E-state index in [1.165, 1.54) is 18.2 Å². The van der Waals surface area contributed by atoms with Crippen LogP contribution in [0.25, 0.3) is 0 Å². The van der Waals surface area contributed by atoms with Gasteiger partial charge in [0.15, 0.2) is 5.78 Å². The van der Waals surface area contributed by atoms with Crippen molar-refractivity contribution < 1.29 is 22.2 Å². The Balaban J connectivity index is 1.74. The molecule has 0 bridgehead atoms. The van der Waals surface area contributed by atoms with Crippen LogP contribution in [0, 0.1) is 5.82 Å². The minimum absolute atomic E-state index is 0.127. The summed E-state index contributed by atoms with van der Waals surface area (Å²) >= 11 is 5.90. The average Bonchev–Trinajstić information content (AvgIpc) is 3.33. The van der Waals surface area contributed by atoms with E-state index in [0.29, 0.717) is 23.2 Å². The molecule has 1 aromatic carbocycles. The lowest BCUT2D eigenvalue weighted by molar-refractivity contribution is 0.0560. The third-order valence-electron chi connectivity index (χ3n) is 6.48. The molecule has 0 aliphatic carbocycles. The predicted molar refractivity (Wildman–Crippen MR) is 120 cm³/mol. The molecule has 7 nitrogen and oxygen atoms in total. The summed E-state index contributed by atoms with van der Waals surface area (Å²) in [6.45, 7) is 2.54. The van der Waals surface area contributed by atoms with E-state index in [0.717, 1.165) is 6.20 Å². The molecular formula is C21H23ClF3N5O2S. The van der Waals surface area contributed by atoms with Crippen LogP contribution in [-0.4, -0.2) is 42.1 Å². The number of carbonyl (C=O) groups is 1. The van der Waals surface area contributed by atoms with Crippen molar-refractivity contribution in [2.45, 2.75) is 55.7 Å². The van der Waals surface area contributed by atoms with Crippen LogP contribution in [0.4, 0.5) is 13.2 Å². The lowest BCUT2D eigenvalue weighted by Gasteiger charge is -2.44. The van der Waals surface area contributed by atoms with Gasteiger partial charge in [0.05, 0.1) is 26.2 Å². The largest absolute Gasteiger partial charge is 0.386 e. The molecule has 0 spiro atoms. The Morgan fingerprint density at radius 1 is 1.36 bits per heavy atom. The van der Waals surface area contributed by atoms with E-state index < -0.39 is 43.4 Å². The Hall–Kier alpha value is -2.40. The van der Waals surface area contributed by atoms with Gasteiger partial charge in [-0.3, -0.25) is 9.79 Å². The summed E-state index contributed by atoms with van der Waals surface area (Å²) in [4.78, 5) is 17.3. The van der Waals surface area contributed by atoms with Crippen molar-refractivity contribution in [3.63, 3.8) is 0 Å². The fourth-order valence-electron chi connectivity index (χ4n) is 4.50. The number of benzene rings is 1. The van der Waals surface area contributed by atoms with E-state index in [9.17, 15) is 17.8 Å². The van der Waals surface area contributed by atoms with Crippen LogP contribution in [0.1, 0.15) is 55.4 Å². The lowest BCUT2D eigenvalue weighted by atomic mass is 9.84. The van der Waals surface area contributed by atoms with Crippen molar-refractivity contribution in [1.29, 1.82) is 0 Å². The number of ketones is 1. The summed E-state index contributed by atoms with van der Waals surface area (Å²) in [5.41, 5.74) is 5.20. The highest BCUT2D eigenvalue weighted by atomic mass is 35.5. The first-order valence-electron chi connectivity index (χ1n) is 10.2. The second kappa shape index (κ2) is 7.83. The van der Waals surface area contributed by atoms with Crippen LogP contribution in [0.3, 0.4) is 0 Å². The van der Waals surface area contributed by atoms with Crippen molar-refractivity contribution in [2.75, 3.05) is 6.54 Å². The third-order valence-corrected chi connectivity index (χ3v) is 10.5. The van der Waals surface area contributed by atoms with Crippen molar-refractivity contribution in [3.05, 3.63) is 52.1 Å². The molecule has 3 atom stereocenters. The Morgan fingerprint density at radius 3 is 2.70 bits per heavy atom. The second-order valence-electron chi connectivity index (χ2n) is 8.85. The van der Waals surface area contributed by atoms with Gasteiger partial charge in [-0.25, -0.2) is 17.6 Å². The van der Waals surface area contributed by atoms with Crippen LogP contribution in [0.15, 0.2) is 33.8 Å². The SMILES string of the molecule is CC1(C)C(N)=N[C@](C)(c2cc(CC(=O)c3nn(C(F)F)cc3Cl)ccc2F)[C@@H]2CCN=[S@@]21=O. The number of rotatable bonds is 5. The first-order valence-corrected chi connectivity index (χ1v) is 12.2. The van der Waals surface area contributed by atoms with E-state index in [1.807, 2.05) is 0 Å². The molecule has 2 N–H and O–H groups in total. The van der Waals surface area contributed by atoms with Gasteiger partial charge in [-0.1, -0.05) is 17.7 Å². The Bertz CT molecular complexity index is 1300. The smallest absolute Gasteiger partial charge is 0.333 e. The maximum atomic E-state index is 15.1. The molecular weight excluding hydrogens is 479 g/mol. The maximum absolute atomic E-state index is 15.1. The number of nitrogens with two attached hydrogens (primary N) is 1. The quantitative estimate of drug-likeness (QED) is 0.623. The van der Waals surface area contributed by atoms with Gasteiger partial charge in [-0.05, 0) is 44.9 Å². The Morgan fingerprint density at radius 2 is 2.06 bits per heavy atom. The predicted octanol–water partition coefficient (Wildman–Crippen LogP) is 4.10. The number of amidine groups is 1. The Kier molecular flexibility index (Phi) is 5.64. The summed E-state index contributed by atoms with van der Waals surface area (Å²) in [6.07, 6.45) is 1.08. The van der Waals surface area contributed by atoms with Crippen molar-refractivity contribution in [2.24, 2.45) is 15.1 Å². The van der Waals surface area contributed by atoms with Gasteiger partial charge in [0.2, 0.25) is 0 Å². The number of aliphatic imine (C=N–C) groups is 1. The summed E-state index contributed by atoms with van der Waals surface area (Å²) in [5, 5.41) is 2.78. The highest BCUT2D eigenvalue weighted by molar-refractivity contribution is 7.96. The number of carbonyl (C=O) groups excluding carboxylic acids is 1. The van der Waals surface area contributed by atoms with Gasteiger partial charge >= 0.3 is 6.55 Å². The highest BCUT2D eigenvalue weighted by Gasteiger charge is 2.56. The number of fused-ring (bicyclic) bond motifs is 1. The first kappa shape index (κ1) is 23.7. The summed E-state index contributed by atoms with van der Waals surface area (Å²) in [7, 11) is -2.85. The molecule has 1 aromatic heterocycles. The molecule has 0 saturated carbocycles. The van der Waals surface area contributed by atoms with Gasteiger partial charge in [0.1, 0.15) is 27.6 Å². The highest BCUT2D eigenvalue weighted by Crippen LogP contribution is 2.47. The van der Waals surface area contributed by atoms with Crippen molar-refractivity contribution >= 4 is 32.9 Å². The molecule has 33 heavy (non-hydrogen) atoms. The molecule has 0 amide bonds. The standard InChI is InChI=1S/C21H23ClF3N5O2S/c1-20(2)18(26)28-21(3,16-6-7-27-33(16,20)32)12-8-11(4-5-14(12)23)9-15(31)17-13(22)10-30(29-17)19(24)25/h4-5,8,10,16,19H,6-7,9H2,1-3H3,(H2,26,28)/t16-,21+,33+/m0/s1. The number of hydrogen-bond donors (Lipinski definition) is 1. The fraction of sp³-hybridized carbons (Fsp3) is 0.476. The number of nitrogens with zero attached hydrogens (tertiary/aromatic N) is 4. The molecule has 0 saturated heterocycles. The van der Waals surface area contributed by atoms with Crippen LogP contribution in [0.2, 0.25) is 5.02 Å². The van der Waals surface area contributed by atoms with Gasteiger partial charge in [0, 0.05) is 18.5 Å². The lowest BCUT2D eigenvalue weighted by Crippen LogP contribution is -2.58. The third kappa shape index (κ3) is 3.56. The van der Waals surface area contributed by atoms with Crippen LogP contribution in [-0.2, 0) is 21.7 Å². The van der Waals surface area contributed by atoms with Crippen molar-refractivity contribution in [3.8, 4) is 0 Å². The second-order valence-corrected chi connectivity index (χ2v) is 12.2. The van der Waals surface area contributed by atoms with Gasteiger partial charge in [-0.15, -0.1) is 0 Å². The molecule has 0 fully saturated rings. The molecule has 0 radical (unpaired) electrons. The molecule has 12 heteroatoms. The number of Topliss-reactive ketones (excluding diaryl/α,β-unsaturated/α-hetero) is 1. The van der Waals surface area contributed by atoms with E-state index in [4.69, 9.17) is 17.3 Å². The van der Waals surface area contributed by atoms with Gasteiger partial charge in [-0.2, -0.15) is 13.9 Å². The zero-order valence-electron chi connectivity index (χ0n) is 18.2. The molecule has 3 heterocycles.